The lowest BCUT2D eigenvalue weighted by Gasteiger charge is -2.13. The second-order valence-electron chi connectivity index (χ2n) is 4.02. The van der Waals surface area contributed by atoms with Gasteiger partial charge in [-0.1, -0.05) is 5.92 Å². The van der Waals surface area contributed by atoms with Gasteiger partial charge >= 0.3 is 11.9 Å². The monoisotopic (exact) mass is 275 g/mol. The van der Waals surface area contributed by atoms with Gasteiger partial charge in [-0.05, 0) is 30.7 Å². The summed E-state index contributed by atoms with van der Waals surface area (Å²) in [5.74, 6) is -0.597. The summed E-state index contributed by atoms with van der Waals surface area (Å²) < 4.78 is 0. The van der Waals surface area contributed by atoms with Crippen molar-refractivity contribution in [1.82, 2.24) is 5.32 Å². The first-order valence-corrected chi connectivity index (χ1v) is 5.76. The second kappa shape index (κ2) is 6.95. The summed E-state index contributed by atoms with van der Waals surface area (Å²) in [6.45, 7) is 0. The molecule has 1 rings (SSSR count). The number of carboxylic acid groups (broad SMARTS) is 2. The third kappa shape index (κ3) is 4.46. The van der Waals surface area contributed by atoms with Crippen molar-refractivity contribution < 1.29 is 24.6 Å². The van der Waals surface area contributed by atoms with Crippen molar-refractivity contribution in [1.29, 1.82) is 0 Å². The van der Waals surface area contributed by atoms with Crippen LogP contribution in [0.15, 0.2) is 24.3 Å². The molecule has 6 nitrogen and oxygen atoms in total. The number of carbonyl (C=O) groups excluding carboxylic acids is 1. The van der Waals surface area contributed by atoms with Crippen LogP contribution >= 0.6 is 0 Å². The molecular formula is C14H13NO5. The summed E-state index contributed by atoms with van der Waals surface area (Å²) in [5.41, 5.74) is 0.854. The average molecular weight is 275 g/mol. The zero-order valence-corrected chi connectivity index (χ0v) is 10.5. The van der Waals surface area contributed by atoms with E-state index in [0.29, 0.717) is 5.56 Å². The number of hydrogen-bond donors (Lipinski definition) is 3. The van der Waals surface area contributed by atoms with Crippen LogP contribution in [-0.2, 0) is 9.59 Å². The maximum Gasteiger partial charge on any atom is 0.326 e. The fourth-order valence-corrected chi connectivity index (χ4v) is 1.48. The molecule has 0 aliphatic rings. The molecule has 1 aromatic carbocycles. The van der Waals surface area contributed by atoms with Crippen molar-refractivity contribution in [3.63, 3.8) is 0 Å². The van der Waals surface area contributed by atoms with E-state index in [9.17, 15) is 14.4 Å². The Kier molecular flexibility index (Phi) is 5.30. The quantitative estimate of drug-likeness (QED) is 0.663. The lowest BCUT2D eigenvalue weighted by molar-refractivity contribution is -0.140. The molecule has 0 heterocycles. The Morgan fingerprint density at radius 2 is 1.80 bits per heavy atom. The van der Waals surface area contributed by atoms with Crippen molar-refractivity contribution in [2.45, 2.75) is 18.9 Å². The largest absolute Gasteiger partial charge is 0.481 e. The molecule has 0 saturated carbocycles. The van der Waals surface area contributed by atoms with Gasteiger partial charge in [-0.25, -0.2) is 4.79 Å². The normalized spacial score (nSPS) is 11.2. The smallest absolute Gasteiger partial charge is 0.326 e. The summed E-state index contributed by atoms with van der Waals surface area (Å²) >= 11 is 0. The molecule has 0 saturated heterocycles. The van der Waals surface area contributed by atoms with Gasteiger partial charge in [-0.2, -0.15) is 0 Å². The molecule has 0 radical (unpaired) electrons. The summed E-state index contributed by atoms with van der Waals surface area (Å²) in [4.78, 5) is 33.2. The van der Waals surface area contributed by atoms with Crippen molar-refractivity contribution >= 4 is 17.8 Å². The Morgan fingerprint density at radius 1 is 1.20 bits per heavy atom. The number of carbonyl (C=O) groups is 3. The Bertz CT molecular complexity index is 556. The molecule has 0 spiro atoms. The summed E-state index contributed by atoms with van der Waals surface area (Å²) in [7, 11) is 0. The molecule has 0 bridgehead atoms. The summed E-state index contributed by atoms with van der Waals surface area (Å²) in [6.07, 6.45) is 4.66. The first-order valence-electron chi connectivity index (χ1n) is 5.76. The van der Waals surface area contributed by atoms with Crippen molar-refractivity contribution in [2.75, 3.05) is 0 Å². The predicted octanol–water partition coefficient (Wildman–Crippen LogP) is 0.716. The highest BCUT2D eigenvalue weighted by Crippen LogP contribution is 2.05. The number of benzene rings is 1. The van der Waals surface area contributed by atoms with Crippen molar-refractivity contribution in [2.24, 2.45) is 0 Å². The molecule has 6 heteroatoms. The molecule has 20 heavy (non-hydrogen) atoms. The molecule has 104 valence electrons. The average Bonchev–Trinajstić information content (AvgIpc) is 2.42. The van der Waals surface area contributed by atoms with E-state index in [0.717, 1.165) is 0 Å². The molecule has 0 aromatic heterocycles. The topological polar surface area (TPSA) is 104 Å². The molecule has 1 aromatic rings. The van der Waals surface area contributed by atoms with Crippen LogP contribution in [0, 0.1) is 12.3 Å². The number of carboxylic acids is 2. The minimum absolute atomic E-state index is 0.182. The summed E-state index contributed by atoms with van der Waals surface area (Å²) in [5, 5.41) is 19.7. The molecule has 3 N–H and O–H groups in total. The van der Waals surface area contributed by atoms with E-state index in [4.69, 9.17) is 16.6 Å². The van der Waals surface area contributed by atoms with E-state index in [2.05, 4.69) is 11.2 Å². The molecule has 1 amide bonds. The van der Waals surface area contributed by atoms with Crippen LogP contribution in [0.2, 0.25) is 0 Å². The van der Waals surface area contributed by atoms with Gasteiger partial charge in [0.2, 0.25) is 0 Å². The molecule has 0 aliphatic carbocycles. The molecule has 1 unspecified atom stereocenters. The maximum atomic E-state index is 11.8. The Labute approximate surface area is 115 Å². The Balaban J connectivity index is 2.72. The minimum Gasteiger partial charge on any atom is -0.481 e. The van der Waals surface area contributed by atoms with Crippen LogP contribution in [0.5, 0.6) is 0 Å². The van der Waals surface area contributed by atoms with E-state index in [1.807, 2.05) is 0 Å². The van der Waals surface area contributed by atoms with Gasteiger partial charge in [-0.3, -0.25) is 9.59 Å². The van der Waals surface area contributed by atoms with Gasteiger partial charge in [0, 0.05) is 17.5 Å². The third-order valence-corrected chi connectivity index (χ3v) is 2.56. The van der Waals surface area contributed by atoms with Crippen LogP contribution in [0.3, 0.4) is 0 Å². The fraction of sp³-hybridized carbons (Fsp3) is 0.214. The van der Waals surface area contributed by atoms with E-state index in [1.54, 1.807) is 12.1 Å². The molecule has 0 aliphatic heterocycles. The van der Waals surface area contributed by atoms with Gasteiger partial charge in [-0.15, -0.1) is 6.42 Å². The first-order chi connectivity index (χ1) is 9.43. The lowest BCUT2D eigenvalue weighted by atomic mass is 10.1. The highest BCUT2D eigenvalue weighted by Gasteiger charge is 2.21. The van der Waals surface area contributed by atoms with E-state index >= 15 is 0 Å². The standard InChI is InChI=1S/C14H13NO5/c1-2-9-3-5-10(6-4-9)13(18)15-11(14(19)20)7-8-12(16)17/h1,3-6,11H,7-8H2,(H,15,18)(H,16,17)(H,19,20). The van der Waals surface area contributed by atoms with Gasteiger partial charge in [0.1, 0.15) is 6.04 Å². The number of rotatable bonds is 6. The van der Waals surface area contributed by atoms with Crippen LogP contribution < -0.4 is 5.32 Å². The van der Waals surface area contributed by atoms with Crippen LogP contribution in [0.25, 0.3) is 0 Å². The van der Waals surface area contributed by atoms with E-state index < -0.39 is 23.9 Å². The molecule has 1 atom stereocenters. The fourth-order valence-electron chi connectivity index (χ4n) is 1.48. The summed E-state index contributed by atoms with van der Waals surface area (Å²) in [6, 6.07) is 4.82. The number of aliphatic carboxylic acids is 2. The van der Waals surface area contributed by atoms with Crippen LogP contribution in [-0.4, -0.2) is 34.1 Å². The lowest BCUT2D eigenvalue weighted by Crippen LogP contribution is -2.41. The minimum atomic E-state index is -1.28. The van der Waals surface area contributed by atoms with Gasteiger partial charge in [0.25, 0.3) is 5.91 Å². The number of terminal acetylenes is 1. The van der Waals surface area contributed by atoms with Crippen molar-refractivity contribution in [3.8, 4) is 12.3 Å². The van der Waals surface area contributed by atoms with Crippen molar-refractivity contribution in [3.05, 3.63) is 35.4 Å². The van der Waals surface area contributed by atoms with Crippen LogP contribution in [0.1, 0.15) is 28.8 Å². The number of amides is 1. The highest BCUT2D eigenvalue weighted by atomic mass is 16.4. The van der Waals surface area contributed by atoms with Crippen LogP contribution in [0.4, 0.5) is 0 Å². The second-order valence-corrected chi connectivity index (χ2v) is 4.02. The number of nitrogens with one attached hydrogen (secondary N) is 1. The highest BCUT2D eigenvalue weighted by molar-refractivity contribution is 5.96. The zero-order valence-electron chi connectivity index (χ0n) is 10.5. The predicted molar refractivity (Wildman–Crippen MR) is 70.1 cm³/mol. The zero-order chi connectivity index (χ0) is 15.1. The third-order valence-electron chi connectivity index (χ3n) is 2.56. The Morgan fingerprint density at radius 3 is 2.25 bits per heavy atom. The SMILES string of the molecule is C#Cc1ccc(C(=O)NC(CCC(=O)O)C(=O)O)cc1. The maximum absolute atomic E-state index is 11.8. The number of hydrogen-bond acceptors (Lipinski definition) is 3. The van der Waals surface area contributed by atoms with Gasteiger partial charge in [0.05, 0.1) is 0 Å². The van der Waals surface area contributed by atoms with E-state index in [-0.39, 0.29) is 18.4 Å². The van der Waals surface area contributed by atoms with Gasteiger partial charge in [0.15, 0.2) is 0 Å². The Hall–Kier alpha value is -2.81. The molecular weight excluding hydrogens is 262 g/mol. The van der Waals surface area contributed by atoms with E-state index in [1.165, 1.54) is 12.1 Å². The molecule has 0 fully saturated rings. The first kappa shape index (κ1) is 15.2. The van der Waals surface area contributed by atoms with Gasteiger partial charge < -0.3 is 15.5 Å².